The summed E-state index contributed by atoms with van der Waals surface area (Å²) < 4.78 is 12.9. The molecular weight excluding hydrogens is 303 g/mol. The van der Waals surface area contributed by atoms with Crippen LogP contribution in [0.2, 0.25) is 0 Å². The van der Waals surface area contributed by atoms with E-state index in [1.165, 1.54) is 12.1 Å². The quantitative estimate of drug-likeness (QED) is 0.721. The van der Waals surface area contributed by atoms with E-state index in [2.05, 4.69) is 20.6 Å². The van der Waals surface area contributed by atoms with Gasteiger partial charge in [0.05, 0.1) is 0 Å². The number of aromatic nitrogens is 2. The number of nitrogens with zero attached hydrogens (tertiary/aromatic N) is 2. The molecule has 0 aliphatic heterocycles. The maximum Gasteiger partial charge on any atom is 0.229 e. The molecule has 3 aromatic rings. The molecule has 0 saturated carbocycles. The van der Waals surface area contributed by atoms with Crippen molar-refractivity contribution in [2.45, 2.75) is 20.4 Å². The van der Waals surface area contributed by atoms with Crippen LogP contribution in [0.4, 0.5) is 21.8 Å². The van der Waals surface area contributed by atoms with Gasteiger partial charge in [0.15, 0.2) is 0 Å². The van der Waals surface area contributed by atoms with Crippen molar-refractivity contribution in [1.29, 1.82) is 0 Å². The van der Waals surface area contributed by atoms with E-state index < -0.39 is 0 Å². The highest BCUT2D eigenvalue weighted by Gasteiger charge is 2.05. The minimum absolute atomic E-state index is 0.235. The van der Waals surface area contributed by atoms with Crippen LogP contribution in [0.25, 0.3) is 0 Å². The first-order chi connectivity index (χ1) is 11.6. The number of halogens is 1. The molecule has 122 valence electrons. The van der Waals surface area contributed by atoms with Gasteiger partial charge >= 0.3 is 0 Å². The molecule has 0 aliphatic carbocycles. The molecule has 2 aromatic carbocycles. The molecule has 1 heterocycles. The molecule has 4 nitrogen and oxygen atoms in total. The van der Waals surface area contributed by atoms with Crippen LogP contribution in [0.1, 0.15) is 16.7 Å². The predicted octanol–water partition coefficient (Wildman–Crippen LogP) is 4.59. The van der Waals surface area contributed by atoms with Gasteiger partial charge in [-0.25, -0.2) is 9.37 Å². The molecule has 0 amide bonds. The first-order valence-electron chi connectivity index (χ1n) is 7.76. The van der Waals surface area contributed by atoms with E-state index in [1.54, 1.807) is 24.4 Å². The van der Waals surface area contributed by atoms with E-state index in [0.717, 1.165) is 22.4 Å². The highest BCUT2D eigenvalue weighted by atomic mass is 19.1. The Hall–Kier alpha value is -2.95. The number of benzene rings is 2. The molecular formula is C19H19FN4. The molecule has 0 bridgehead atoms. The fourth-order valence-electron chi connectivity index (χ4n) is 2.44. The van der Waals surface area contributed by atoms with Crippen molar-refractivity contribution >= 4 is 17.5 Å². The Labute approximate surface area is 140 Å². The third-order valence-electron chi connectivity index (χ3n) is 3.76. The molecule has 3 rings (SSSR count). The fourth-order valence-corrected chi connectivity index (χ4v) is 2.44. The summed E-state index contributed by atoms with van der Waals surface area (Å²) in [5, 5.41) is 6.50. The summed E-state index contributed by atoms with van der Waals surface area (Å²) in [5.74, 6) is 1.01. The average Bonchev–Trinajstić information content (AvgIpc) is 2.58. The Bertz CT molecular complexity index is 811. The molecule has 0 aliphatic rings. The minimum atomic E-state index is -0.235. The van der Waals surface area contributed by atoms with Crippen molar-refractivity contribution in [2.75, 3.05) is 10.6 Å². The lowest BCUT2D eigenvalue weighted by atomic mass is 10.1. The van der Waals surface area contributed by atoms with Crippen LogP contribution in [-0.2, 0) is 6.54 Å². The third kappa shape index (κ3) is 3.87. The third-order valence-corrected chi connectivity index (χ3v) is 3.76. The molecule has 0 saturated heterocycles. The van der Waals surface area contributed by atoms with Gasteiger partial charge in [0.1, 0.15) is 11.6 Å². The highest BCUT2D eigenvalue weighted by molar-refractivity contribution is 5.63. The largest absolute Gasteiger partial charge is 0.366 e. The maximum atomic E-state index is 12.9. The van der Waals surface area contributed by atoms with Crippen LogP contribution in [0.5, 0.6) is 0 Å². The first kappa shape index (κ1) is 15.9. The van der Waals surface area contributed by atoms with Gasteiger partial charge in [-0.2, -0.15) is 4.98 Å². The van der Waals surface area contributed by atoms with Gasteiger partial charge in [-0.3, -0.25) is 0 Å². The normalized spacial score (nSPS) is 10.5. The second-order valence-electron chi connectivity index (χ2n) is 5.64. The highest BCUT2D eigenvalue weighted by Crippen LogP contribution is 2.22. The number of para-hydroxylation sites is 1. The van der Waals surface area contributed by atoms with Crippen LogP contribution in [0, 0.1) is 19.7 Å². The number of hydrogen-bond acceptors (Lipinski definition) is 4. The molecule has 0 atom stereocenters. The number of anilines is 3. The van der Waals surface area contributed by atoms with E-state index in [9.17, 15) is 4.39 Å². The van der Waals surface area contributed by atoms with Crippen LogP contribution < -0.4 is 10.6 Å². The summed E-state index contributed by atoms with van der Waals surface area (Å²) >= 11 is 0. The topological polar surface area (TPSA) is 49.8 Å². The Balaban J connectivity index is 1.71. The number of rotatable bonds is 5. The Kier molecular flexibility index (Phi) is 4.70. The summed E-state index contributed by atoms with van der Waals surface area (Å²) in [6, 6.07) is 14.3. The Morgan fingerprint density at radius 1 is 0.958 bits per heavy atom. The molecule has 0 spiro atoms. The molecule has 0 radical (unpaired) electrons. The zero-order valence-corrected chi connectivity index (χ0v) is 13.7. The van der Waals surface area contributed by atoms with Gasteiger partial charge in [-0.15, -0.1) is 0 Å². The number of hydrogen-bond donors (Lipinski definition) is 2. The summed E-state index contributed by atoms with van der Waals surface area (Å²) in [4.78, 5) is 8.75. The van der Waals surface area contributed by atoms with Crippen molar-refractivity contribution < 1.29 is 4.39 Å². The summed E-state index contributed by atoms with van der Waals surface area (Å²) in [7, 11) is 0. The lowest BCUT2D eigenvalue weighted by Gasteiger charge is -2.12. The SMILES string of the molecule is Cc1cccc(C)c1Nc1nccc(NCc2ccc(F)cc2)n1. The van der Waals surface area contributed by atoms with Gasteiger partial charge in [0, 0.05) is 18.4 Å². The van der Waals surface area contributed by atoms with E-state index >= 15 is 0 Å². The summed E-state index contributed by atoms with van der Waals surface area (Å²) in [6.07, 6.45) is 1.70. The van der Waals surface area contributed by atoms with Crippen molar-refractivity contribution in [3.8, 4) is 0 Å². The van der Waals surface area contributed by atoms with Gasteiger partial charge in [-0.1, -0.05) is 30.3 Å². The smallest absolute Gasteiger partial charge is 0.229 e. The predicted molar refractivity (Wildman–Crippen MR) is 95.0 cm³/mol. The zero-order valence-electron chi connectivity index (χ0n) is 13.7. The van der Waals surface area contributed by atoms with Crippen molar-refractivity contribution in [3.05, 3.63) is 77.2 Å². The van der Waals surface area contributed by atoms with E-state index in [-0.39, 0.29) is 5.82 Å². The number of aryl methyl sites for hydroxylation is 2. The van der Waals surface area contributed by atoms with Crippen LogP contribution in [0.15, 0.2) is 54.7 Å². The van der Waals surface area contributed by atoms with E-state index in [1.807, 2.05) is 32.0 Å². The zero-order chi connectivity index (χ0) is 16.9. The van der Waals surface area contributed by atoms with E-state index in [0.29, 0.717) is 18.3 Å². The van der Waals surface area contributed by atoms with Gasteiger partial charge in [0.25, 0.3) is 0 Å². The Morgan fingerprint density at radius 3 is 2.38 bits per heavy atom. The van der Waals surface area contributed by atoms with Crippen molar-refractivity contribution in [2.24, 2.45) is 0 Å². The summed E-state index contributed by atoms with van der Waals surface area (Å²) in [6.45, 7) is 4.66. The van der Waals surface area contributed by atoms with Gasteiger partial charge < -0.3 is 10.6 Å². The van der Waals surface area contributed by atoms with Crippen molar-refractivity contribution in [1.82, 2.24) is 9.97 Å². The van der Waals surface area contributed by atoms with Crippen molar-refractivity contribution in [3.63, 3.8) is 0 Å². The first-order valence-corrected chi connectivity index (χ1v) is 7.76. The maximum absolute atomic E-state index is 12.9. The van der Waals surface area contributed by atoms with Crippen LogP contribution in [0.3, 0.4) is 0 Å². The van der Waals surface area contributed by atoms with Gasteiger partial charge in [0.2, 0.25) is 5.95 Å². The number of nitrogens with one attached hydrogen (secondary N) is 2. The molecule has 24 heavy (non-hydrogen) atoms. The molecule has 1 aromatic heterocycles. The molecule has 0 unspecified atom stereocenters. The molecule has 2 N–H and O–H groups in total. The molecule has 5 heteroatoms. The monoisotopic (exact) mass is 322 g/mol. The van der Waals surface area contributed by atoms with Gasteiger partial charge in [-0.05, 0) is 48.7 Å². The fraction of sp³-hybridized carbons (Fsp3) is 0.158. The second-order valence-corrected chi connectivity index (χ2v) is 5.64. The second kappa shape index (κ2) is 7.08. The van der Waals surface area contributed by atoms with Crippen LogP contribution in [-0.4, -0.2) is 9.97 Å². The molecule has 0 fully saturated rings. The average molecular weight is 322 g/mol. The lowest BCUT2D eigenvalue weighted by Crippen LogP contribution is -2.05. The van der Waals surface area contributed by atoms with E-state index in [4.69, 9.17) is 0 Å². The van der Waals surface area contributed by atoms with Crippen LogP contribution >= 0.6 is 0 Å². The minimum Gasteiger partial charge on any atom is -0.366 e. The lowest BCUT2D eigenvalue weighted by molar-refractivity contribution is 0.627. The summed E-state index contributed by atoms with van der Waals surface area (Å²) in [5.41, 5.74) is 4.29. The Morgan fingerprint density at radius 2 is 1.67 bits per heavy atom. The standard InChI is InChI=1S/C19H19FN4/c1-13-4-3-5-14(2)18(13)24-19-21-11-10-17(23-19)22-12-15-6-8-16(20)9-7-15/h3-11H,12H2,1-2H3,(H2,21,22,23,24).